The maximum Gasteiger partial charge on any atom is 0.250 e. The first-order chi connectivity index (χ1) is 11.5. The van der Waals surface area contributed by atoms with E-state index in [-0.39, 0.29) is 12.5 Å². The number of tetrazole rings is 1. The number of carbonyl (C=O) groups excluding carboxylic acids is 1. The lowest BCUT2D eigenvalue weighted by molar-refractivity contribution is -0.119. The van der Waals surface area contributed by atoms with Crippen LogP contribution in [0.25, 0.3) is 11.4 Å². The quantitative estimate of drug-likeness (QED) is 0.692. The minimum atomic E-state index is -0.117. The van der Waals surface area contributed by atoms with E-state index in [0.717, 1.165) is 21.3 Å². The number of hydrogen-bond donors (Lipinski definition) is 0. The number of benzene rings is 2. The number of aryl methyl sites for hydroxylation is 1. The van der Waals surface area contributed by atoms with Crippen LogP contribution in [0.2, 0.25) is 0 Å². The largest absolute Gasteiger partial charge is 0.314 e. The zero-order valence-corrected chi connectivity index (χ0v) is 14.9. The van der Waals surface area contributed by atoms with Gasteiger partial charge in [0.1, 0.15) is 6.54 Å². The van der Waals surface area contributed by atoms with E-state index in [0.29, 0.717) is 5.82 Å². The SMILES string of the molecule is Cc1cc(N(C)C(=O)Cn2nnc(-c3ccccc3)n2)ccc1Br. The average Bonchev–Trinajstić information content (AvgIpc) is 3.06. The molecule has 3 rings (SSSR count). The third kappa shape index (κ3) is 3.51. The summed E-state index contributed by atoms with van der Waals surface area (Å²) in [5.74, 6) is 0.388. The molecule has 0 saturated carbocycles. The Labute approximate surface area is 148 Å². The molecule has 1 heterocycles. The summed E-state index contributed by atoms with van der Waals surface area (Å²) in [6.07, 6.45) is 0. The molecule has 7 heteroatoms. The van der Waals surface area contributed by atoms with Crippen molar-refractivity contribution < 1.29 is 4.79 Å². The van der Waals surface area contributed by atoms with Gasteiger partial charge < -0.3 is 4.90 Å². The maximum absolute atomic E-state index is 12.4. The molecule has 1 amide bonds. The van der Waals surface area contributed by atoms with Crippen molar-refractivity contribution in [2.24, 2.45) is 0 Å². The predicted molar refractivity (Wildman–Crippen MR) is 95.5 cm³/mol. The molecule has 0 fully saturated rings. The first kappa shape index (κ1) is 16.3. The van der Waals surface area contributed by atoms with Crippen molar-refractivity contribution >= 4 is 27.5 Å². The van der Waals surface area contributed by atoms with Gasteiger partial charge in [-0.25, -0.2) is 0 Å². The Morgan fingerprint density at radius 1 is 1.21 bits per heavy atom. The molecule has 0 atom stereocenters. The van der Waals surface area contributed by atoms with Gasteiger partial charge in [-0.05, 0) is 35.9 Å². The maximum atomic E-state index is 12.4. The molecule has 0 unspecified atom stereocenters. The lowest BCUT2D eigenvalue weighted by Gasteiger charge is -2.17. The fraction of sp³-hybridized carbons (Fsp3) is 0.176. The monoisotopic (exact) mass is 385 g/mol. The summed E-state index contributed by atoms with van der Waals surface area (Å²) < 4.78 is 1.01. The molecule has 6 nitrogen and oxygen atoms in total. The topological polar surface area (TPSA) is 63.9 Å². The Balaban J connectivity index is 1.73. The van der Waals surface area contributed by atoms with E-state index in [4.69, 9.17) is 0 Å². The number of carbonyl (C=O) groups is 1. The minimum Gasteiger partial charge on any atom is -0.314 e. The zero-order valence-electron chi connectivity index (χ0n) is 13.3. The first-order valence-corrected chi connectivity index (χ1v) is 8.20. The van der Waals surface area contributed by atoms with Crippen molar-refractivity contribution in [1.82, 2.24) is 20.2 Å². The van der Waals surface area contributed by atoms with Crippen LogP contribution in [0.15, 0.2) is 53.0 Å². The summed E-state index contributed by atoms with van der Waals surface area (Å²) in [6, 6.07) is 15.3. The summed E-state index contributed by atoms with van der Waals surface area (Å²) in [4.78, 5) is 15.3. The predicted octanol–water partition coefficient (Wildman–Crippen LogP) is 3.07. The lowest BCUT2D eigenvalue weighted by Crippen LogP contribution is -2.30. The van der Waals surface area contributed by atoms with Gasteiger partial charge in [-0.3, -0.25) is 4.79 Å². The van der Waals surface area contributed by atoms with E-state index in [9.17, 15) is 4.79 Å². The Morgan fingerprint density at radius 2 is 1.96 bits per heavy atom. The highest BCUT2D eigenvalue weighted by molar-refractivity contribution is 9.10. The molecule has 0 aliphatic carbocycles. The van der Waals surface area contributed by atoms with Gasteiger partial charge in [0, 0.05) is 22.8 Å². The molecule has 0 bridgehead atoms. The highest BCUT2D eigenvalue weighted by atomic mass is 79.9. The number of rotatable bonds is 4. The Kier molecular flexibility index (Phi) is 4.71. The third-order valence-electron chi connectivity index (χ3n) is 3.66. The van der Waals surface area contributed by atoms with Crippen molar-refractivity contribution in [2.75, 3.05) is 11.9 Å². The summed E-state index contributed by atoms with van der Waals surface area (Å²) in [6.45, 7) is 2.02. The van der Waals surface area contributed by atoms with E-state index < -0.39 is 0 Å². The van der Waals surface area contributed by atoms with Crippen molar-refractivity contribution in [1.29, 1.82) is 0 Å². The van der Waals surface area contributed by atoms with E-state index in [2.05, 4.69) is 31.3 Å². The molecular weight excluding hydrogens is 370 g/mol. The molecule has 0 N–H and O–H groups in total. The second kappa shape index (κ2) is 6.92. The summed E-state index contributed by atoms with van der Waals surface area (Å²) in [7, 11) is 1.74. The lowest BCUT2D eigenvalue weighted by atomic mass is 10.2. The van der Waals surface area contributed by atoms with Gasteiger partial charge in [0.15, 0.2) is 0 Å². The highest BCUT2D eigenvalue weighted by Gasteiger charge is 2.15. The van der Waals surface area contributed by atoms with Gasteiger partial charge >= 0.3 is 0 Å². The fourth-order valence-electron chi connectivity index (χ4n) is 2.22. The number of hydrogen-bond acceptors (Lipinski definition) is 4. The van der Waals surface area contributed by atoms with Crippen molar-refractivity contribution in [2.45, 2.75) is 13.5 Å². The third-order valence-corrected chi connectivity index (χ3v) is 4.55. The molecule has 0 aliphatic heterocycles. The van der Waals surface area contributed by atoms with Crippen molar-refractivity contribution in [3.05, 3.63) is 58.6 Å². The van der Waals surface area contributed by atoms with Crippen LogP contribution >= 0.6 is 15.9 Å². The van der Waals surface area contributed by atoms with Gasteiger partial charge in [0.2, 0.25) is 11.7 Å². The molecule has 0 aliphatic rings. The number of halogens is 1. The Morgan fingerprint density at radius 3 is 2.67 bits per heavy atom. The van der Waals surface area contributed by atoms with Crippen LogP contribution in [-0.4, -0.2) is 33.2 Å². The van der Waals surface area contributed by atoms with Crippen LogP contribution in [0.4, 0.5) is 5.69 Å². The van der Waals surface area contributed by atoms with Gasteiger partial charge in [0.25, 0.3) is 0 Å². The second-order valence-corrected chi connectivity index (χ2v) is 6.25. The molecule has 0 spiro atoms. The first-order valence-electron chi connectivity index (χ1n) is 7.40. The summed E-state index contributed by atoms with van der Waals surface area (Å²) in [5.41, 5.74) is 2.76. The van der Waals surface area contributed by atoms with E-state index in [1.807, 2.05) is 55.5 Å². The van der Waals surface area contributed by atoms with Crippen LogP contribution < -0.4 is 4.90 Å². The molecule has 122 valence electrons. The van der Waals surface area contributed by atoms with Gasteiger partial charge in [-0.15, -0.1) is 10.2 Å². The molecule has 3 aromatic rings. The van der Waals surface area contributed by atoms with Crippen LogP contribution in [0.5, 0.6) is 0 Å². The van der Waals surface area contributed by atoms with Crippen LogP contribution in [0.1, 0.15) is 5.56 Å². The molecule has 0 radical (unpaired) electrons. The summed E-state index contributed by atoms with van der Waals surface area (Å²) in [5, 5.41) is 12.2. The number of amides is 1. The van der Waals surface area contributed by atoms with Crippen LogP contribution in [0.3, 0.4) is 0 Å². The molecule has 24 heavy (non-hydrogen) atoms. The Bertz CT molecular complexity index is 862. The Hall–Kier alpha value is -2.54. The molecule has 1 aromatic heterocycles. The number of likely N-dealkylation sites (N-methyl/N-ethyl adjacent to an activating group) is 1. The number of nitrogens with zero attached hydrogens (tertiary/aromatic N) is 5. The molecular formula is C17H16BrN5O. The fourth-order valence-corrected chi connectivity index (χ4v) is 2.47. The number of anilines is 1. The second-order valence-electron chi connectivity index (χ2n) is 5.40. The summed E-state index contributed by atoms with van der Waals surface area (Å²) >= 11 is 3.46. The minimum absolute atomic E-state index is 0.0332. The van der Waals surface area contributed by atoms with E-state index in [1.54, 1.807) is 11.9 Å². The van der Waals surface area contributed by atoms with Gasteiger partial charge in [0.05, 0.1) is 0 Å². The molecule has 0 saturated heterocycles. The van der Waals surface area contributed by atoms with Gasteiger partial charge in [-0.1, -0.05) is 46.3 Å². The van der Waals surface area contributed by atoms with Crippen LogP contribution in [-0.2, 0) is 11.3 Å². The normalized spacial score (nSPS) is 10.6. The van der Waals surface area contributed by atoms with Crippen molar-refractivity contribution in [3.63, 3.8) is 0 Å². The average molecular weight is 386 g/mol. The van der Waals surface area contributed by atoms with Crippen molar-refractivity contribution in [3.8, 4) is 11.4 Å². The van der Waals surface area contributed by atoms with E-state index >= 15 is 0 Å². The standard InChI is InChI=1S/C17H16BrN5O/c1-12-10-14(8-9-15(12)18)22(2)16(24)11-23-20-17(19-21-23)13-6-4-3-5-7-13/h3-10H,11H2,1-2H3. The van der Waals surface area contributed by atoms with Gasteiger partial charge in [-0.2, -0.15) is 4.80 Å². The highest BCUT2D eigenvalue weighted by Crippen LogP contribution is 2.22. The van der Waals surface area contributed by atoms with E-state index in [1.165, 1.54) is 4.80 Å². The zero-order chi connectivity index (χ0) is 17.1. The smallest absolute Gasteiger partial charge is 0.250 e. The number of aromatic nitrogens is 4. The molecule has 2 aromatic carbocycles. The van der Waals surface area contributed by atoms with Crippen LogP contribution in [0, 0.1) is 6.92 Å².